The lowest BCUT2D eigenvalue weighted by atomic mass is 9.90. The molecule has 214 valence electrons. The quantitative estimate of drug-likeness (QED) is 0.487. The molecule has 0 aliphatic carbocycles. The Morgan fingerprint density at radius 1 is 1.05 bits per heavy atom. The Bertz CT molecular complexity index is 1190. The van der Waals surface area contributed by atoms with Gasteiger partial charge in [0.1, 0.15) is 5.82 Å². The number of nitrogens with zero attached hydrogens (tertiary/aromatic N) is 5. The second-order valence-corrected chi connectivity index (χ2v) is 10.9. The van der Waals surface area contributed by atoms with Gasteiger partial charge < -0.3 is 21.3 Å². The second-order valence-electron chi connectivity index (χ2n) is 10.9. The van der Waals surface area contributed by atoms with E-state index in [0.29, 0.717) is 37.8 Å². The standard InChI is InChI=1S/C27H40N8O3.ClH/c1-4-20-18-32(11-9-22(20)28)17-19-5-7-21(8-6-19)35-12-10-23(31-26(35)38)30-25(37)34-15-13-33(14-16-34)24(36)27(2,3)29;/h5-8,10,12,20,22H,4,9,11,13-18,28-29H2,1-3H3,(H,30,31,37,38);1H. The van der Waals surface area contributed by atoms with Gasteiger partial charge in [-0.25, -0.2) is 9.59 Å². The molecule has 1 aromatic heterocycles. The van der Waals surface area contributed by atoms with E-state index in [1.54, 1.807) is 35.9 Å². The number of anilines is 1. The number of carbonyl (C=O) groups excluding carboxylic acids is 2. The highest BCUT2D eigenvalue weighted by Gasteiger charge is 2.31. The molecule has 2 aliphatic heterocycles. The van der Waals surface area contributed by atoms with Gasteiger partial charge in [0.15, 0.2) is 0 Å². The number of piperidine rings is 1. The topological polar surface area (TPSA) is 143 Å². The first-order chi connectivity index (χ1) is 18.0. The van der Waals surface area contributed by atoms with Crippen LogP contribution in [0.15, 0.2) is 41.3 Å². The summed E-state index contributed by atoms with van der Waals surface area (Å²) in [7, 11) is 0. The third kappa shape index (κ3) is 7.57. The minimum absolute atomic E-state index is 0. The van der Waals surface area contributed by atoms with Crippen LogP contribution in [0.5, 0.6) is 0 Å². The van der Waals surface area contributed by atoms with Crippen LogP contribution < -0.4 is 22.5 Å². The summed E-state index contributed by atoms with van der Waals surface area (Å²) in [5, 5.41) is 2.69. The van der Waals surface area contributed by atoms with Crippen LogP contribution in [0.1, 0.15) is 39.2 Å². The molecule has 0 spiro atoms. The number of likely N-dealkylation sites (tertiary alicyclic amines) is 1. The zero-order valence-electron chi connectivity index (χ0n) is 23.0. The van der Waals surface area contributed by atoms with Gasteiger partial charge in [0, 0.05) is 51.5 Å². The molecule has 12 heteroatoms. The van der Waals surface area contributed by atoms with E-state index >= 15 is 0 Å². The lowest BCUT2D eigenvalue weighted by Gasteiger charge is -2.37. The molecule has 39 heavy (non-hydrogen) atoms. The molecular formula is C27H41ClN8O3. The van der Waals surface area contributed by atoms with Crippen LogP contribution in [0.25, 0.3) is 5.69 Å². The number of amides is 3. The molecule has 3 amide bonds. The molecule has 3 heterocycles. The number of piperazine rings is 1. The average molecular weight is 561 g/mol. The SMILES string of the molecule is CCC1CN(Cc2ccc(-n3ccc(NC(=O)N4CCN(C(=O)C(C)(C)N)CC4)nc3=O)cc2)CCC1N.Cl. The van der Waals surface area contributed by atoms with E-state index in [9.17, 15) is 14.4 Å². The van der Waals surface area contributed by atoms with Gasteiger partial charge in [-0.05, 0) is 56.5 Å². The fraction of sp³-hybridized carbons (Fsp3) is 0.556. The van der Waals surface area contributed by atoms with Gasteiger partial charge in [0.2, 0.25) is 5.91 Å². The van der Waals surface area contributed by atoms with Crippen molar-refractivity contribution in [3.63, 3.8) is 0 Å². The Kier molecular flexibility index (Phi) is 10.1. The van der Waals surface area contributed by atoms with Crippen LogP contribution in [0.3, 0.4) is 0 Å². The smallest absolute Gasteiger partial charge is 0.338 e. The number of nitrogens with one attached hydrogen (secondary N) is 1. The fourth-order valence-corrected chi connectivity index (χ4v) is 5.10. The number of urea groups is 1. The molecule has 2 aliphatic rings. The van der Waals surface area contributed by atoms with Crippen LogP contribution in [-0.4, -0.2) is 87.0 Å². The van der Waals surface area contributed by atoms with Crippen molar-refractivity contribution >= 4 is 30.2 Å². The highest BCUT2D eigenvalue weighted by molar-refractivity contribution is 5.89. The number of hydrogen-bond donors (Lipinski definition) is 3. The maximum absolute atomic E-state index is 12.7. The number of rotatable bonds is 6. The zero-order valence-corrected chi connectivity index (χ0v) is 23.8. The molecule has 0 saturated carbocycles. The first-order valence-electron chi connectivity index (χ1n) is 13.4. The minimum Gasteiger partial charge on any atom is -0.338 e. The number of nitrogens with two attached hydrogens (primary N) is 2. The normalized spacial score (nSPS) is 20.3. The predicted molar refractivity (Wildman–Crippen MR) is 154 cm³/mol. The Morgan fingerprint density at radius 2 is 1.69 bits per heavy atom. The number of halogens is 1. The summed E-state index contributed by atoms with van der Waals surface area (Å²) in [6, 6.07) is 9.41. The highest BCUT2D eigenvalue weighted by atomic mass is 35.5. The monoisotopic (exact) mass is 560 g/mol. The van der Waals surface area contributed by atoms with E-state index in [4.69, 9.17) is 11.5 Å². The van der Waals surface area contributed by atoms with E-state index < -0.39 is 11.2 Å². The summed E-state index contributed by atoms with van der Waals surface area (Å²) in [4.78, 5) is 47.5. The van der Waals surface area contributed by atoms with Crippen molar-refractivity contribution in [3.8, 4) is 5.69 Å². The lowest BCUT2D eigenvalue weighted by Crippen LogP contribution is -2.58. The second kappa shape index (κ2) is 12.9. The molecule has 2 aromatic rings. The molecular weight excluding hydrogens is 520 g/mol. The van der Waals surface area contributed by atoms with Crippen molar-refractivity contribution in [2.45, 2.75) is 51.7 Å². The lowest BCUT2D eigenvalue weighted by molar-refractivity contribution is -0.137. The maximum Gasteiger partial charge on any atom is 0.354 e. The summed E-state index contributed by atoms with van der Waals surface area (Å²) in [5.41, 5.74) is 12.6. The van der Waals surface area contributed by atoms with E-state index in [2.05, 4.69) is 22.1 Å². The number of aromatic nitrogens is 2. The first kappa shape index (κ1) is 30.6. The zero-order chi connectivity index (χ0) is 27.4. The Morgan fingerprint density at radius 3 is 2.28 bits per heavy atom. The van der Waals surface area contributed by atoms with Crippen molar-refractivity contribution in [1.29, 1.82) is 0 Å². The fourth-order valence-electron chi connectivity index (χ4n) is 5.10. The van der Waals surface area contributed by atoms with Crippen LogP contribution >= 0.6 is 12.4 Å². The summed E-state index contributed by atoms with van der Waals surface area (Å²) in [6.45, 7) is 9.96. The first-order valence-corrected chi connectivity index (χ1v) is 13.4. The van der Waals surface area contributed by atoms with Crippen LogP contribution in [0.2, 0.25) is 0 Å². The molecule has 0 bridgehead atoms. The largest absolute Gasteiger partial charge is 0.354 e. The molecule has 0 radical (unpaired) electrons. The third-order valence-corrected chi connectivity index (χ3v) is 7.47. The van der Waals surface area contributed by atoms with Crippen molar-refractivity contribution in [2.24, 2.45) is 17.4 Å². The molecule has 11 nitrogen and oxygen atoms in total. The van der Waals surface area contributed by atoms with E-state index in [1.807, 2.05) is 24.3 Å². The molecule has 2 unspecified atom stereocenters. The molecule has 2 fully saturated rings. The Labute approximate surface area is 235 Å². The molecule has 5 N–H and O–H groups in total. The van der Waals surface area contributed by atoms with Crippen molar-refractivity contribution < 1.29 is 9.59 Å². The van der Waals surface area contributed by atoms with E-state index in [1.165, 1.54) is 10.1 Å². The van der Waals surface area contributed by atoms with E-state index in [-0.39, 0.29) is 36.2 Å². The summed E-state index contributed by atoms with van der Waals surface area (Å²) >= 11 is 0. The van der Waals surface area contributed by atoms with Crippen molar-refractivity contribution in [2.75, 3.05) is 44.6 Å². The number of benzene rings is 1. The van der Waals surface area contributed by atoms with Gasteiger partial charge in [0.05, 0.1) is 11.2 Å². The average Bonchev–Trinajstić information content (AvgIpc) is 2.89. The minimum atomic E-state index is -0.946. The maximum atomic E-state index is 12.7. The van der Waals surface area contributed by atoms with E-state index in [0.717, 1.165) is 32.5 Å². The van der Waals surface area contributed by atoms with Crippen LogP contribution in [-0.2, 0) is 11.3 Å². The van der Waals surface area contributed by atoms with Crippen LogP contribution in [0, 0.1) is 5.92 Å². The van der Waals surface area contributed by atoms with Crippen LogP contribution in [0.4, 0.5) is 10.6 Å². The van der Waals surface area contributed by atoms with Gasteiger partial charge in [0.25, 0.3) is 0 Å². The number of carbonyl (C=O) groups is 2. The Balaban J connectivity index is 0.00000420. The Hall–Kier alpha value is -2.99. The summed E-state index contributed by atoms with van der Waals surface area (Å²) < 4.78 is 1.45. The van der Waals surface area contributed by atoms with Gasteiger partial charge in [-0.2, -0.15) is 4.98 Å². The van der Waals surface area contributed by atoms with Crippen molar-refractivity contribution in [3.05, 3.63) is 52.6 Å². The van der Waals surface area contributed by atoms with Crippen molar-refractivity contribution in [1.82, 2.24) is 24.3 Å². The van der Waals surface area contributed by atoms with Gasteiger partial charge >= 0.3 is 11.7 Å². The van der Waals surface area contributed by atoms with Gasteiger partial charge in [-0.15, -0.1) is 12.4 Å². The molecule has 2 saturated heterocycles. The number of hydrogen-bond acceptors (Lipinski definition) is 7. The summed E-state index contributed by atoms with van der Waals surface area (Å²) in [5.74, 6) is 0.574. The molecule has 1 aromatic carbocycles. The predicted octanol–water partition coefficient (Wildman–Crippen LogP) is 1.63. The molecule has 2 atom stereocenters. The van der Waals surface area contributed by atoms with Gasteiger partial charge in [-0.3, -0.25) is 19.6 Å². The molecule has 4 rings (SSSR count). The third-order valence-electron chi connectivity index (χ3n) is 7.47. The summed E-state index contributed by atoms with van der Waals surface area (Å²) in [6.07, 6.45) is 3.72. The highest BCUT2D eigenvalue weighted by Crippen LogP contribution is 2.21. The van der Waals surface area contributed by atoms with Gasteiger partial charge in [-0.1, -0.05) is 25.5 Å².